The first-order valence-corrected chi connectivity index (χ1v) is 7.03. The normalized spacial score (nSPS) is 9.90. The van der Waals surface area contributed by atoms with E-state index in [2.05, 4.69) is 26.6 Å². The Morgan fingerprint density at radius 1 is 1.10 bits per heavy atom. The van der Waals surface area contributed by atoms with Crippen LogP contribution < -0.4 is 15.4 Å². The number of nitrogens with one attached hydrogen (secondary N) is 2. The molecular formula is C15H15BrN2O2. The fourth-order valence-electron chi connectivity index (χ4n) is 1.66. The number of anilines is 2. The summed E-state index contributed by atoms with van der Waals surface area (Å²) in [6, 6.07) is 14.4. The van der Waals surface area contributed by atoms with Gasteiger partial charge in [0.2, 0.25) is 0 Å². The number of benzene rings is 2. The van der Waals surface area contributed by atoms with Crippen LogP contribution in [0.3, 0.4) is 0 Å². The lowest BCUT2D eigenvalue weighted by molar-refractivity contribution is 0.262. The topological polar surface area (TPSA) is 50.4 Å². The highest BCUT2D eigenvalue weighted by Gasteiger charge is 2.03. The van der Waals surface area contributed by atoms with Crippen molar-refractivity contribution in [2.24, 2.45) is 0 Å². The molecule has 0 saturated heterocycles. The third-order valence-corrected chi connectivity index (χ3v) is 3.00. The van der Waals surface area contributed by atoms with Crippen LogP contribution in [-0.2, 0) is 0 Å². The van der Waals surface area contributed by atoms with Crippen LogP contribution in [0.15, 0.2) is 53.0 Å². The highest BCUT2D eigenvalue weighted by molar-refractivity contribution is 9.10. The summed E-state index contributed by atoms with van der Waals surface area (Å²) >= 11 is 3.36. The number of carbonyl (C=O) groups is 1. The van der Waals surface area contributed by atoms with Crippen LogP contribution in [0.1, 0.15) is 6.92 Å². The second-order valence-electron chi connectivity index (χ2n) is 4.05. The van der Waals surface area contributed by atoms with Gasteiger partial charge >= 0.3 is 6.03 Å². The minimum atomic E-state index is -0.285. The van der Waals surface area contributed by atoms with Crippen molar-refractivity contribution in [3.63, 3.8) is 0 Å². The molecule has 0 aliphatic heterocycles. The molecule has 20 heavy (non-hydrogen) atoms. The third-order valence-electron chi connectivity index (χ3n) is 2.51. The fourth-order valence-corrected chi connectivity index (χ4v) is 2.06. The van der Waals surface area contributed by atoms with Gasteiger partial charge in [0.15, 0.2) is 0 Å². The van der Waals surface area contributed by atoms with Gasteiger partial charge in [-0.05, 0) is 49.4 Å². The zero-order valence-electron chi connectivity index (χ0n) is 11.0. The van der Waals surface area contributed by atoms with Gasteiger partial charge in [-0.25, -0.2) is 4.79 Å². The van der Waals surface area contributed by atoms with E-state index in [0.717, 1.165) is 15.9 Å². The van der Waals surface area contributed by atoms with E-state index in [1.54, 1.807) is 12.1 Å². The van der Waals surface area contributed by atoms with Gasteiger partial charge in [-0.2, -0.15) is 0 Å². The van der Waals surface area contributed by atoms with Crippen molar-refractivity contribution in [2.45, 2.75) is 6.92 Å². The fraction of sp³-hybridized carbons (Fsp3) is 0.133. The molecule has 0 aliphatic carbocycles. The van der Waals surface area contributed by atoms with Crippen LogP contribution in [0.2, 0.25) is 0 Å². The van der Waals surface area contributed by atoms with Crippen molar-refractivity contribution >= 4 is 33.3 Å². The molecule has 2 rings (SSSR count). The molecule has 0 unspecified atom stereocenters. The maximum Gasteiger partial charge on any atom is 0.323 e. The number of halogens is 1. The van der Waals surface area contributed by atoms with Crippen molar-refractivity contribution < 1.29 is 9.53 Å². The highest BCUT2D eigenvalue weighted by atomic mass is 79.9. The van der Waals surface area contributed by atoms with Gasteiger partial charge in [-0.1, -0.05) is 22.0 Å². The molecule has 0 fully saturated rings. The van der Waals surface area contributed by atoms with E-state index in [-0.39, 0.29) is 6.03 Å². The minimum absolute atomic E-state index is 0.285. The van der Waals surface area contributed by atoms with E-state index in [1.807, 2.05) is 43.3 Å². The Bertz CT molecular complexity index is 585. The second-order valence-corrected chi connectivity index (χ2v) is 4.96. The summed E-state index contributed by atoms with van der Waals surface area (Å²) < 4.78 is 6.25. The molecule has 2 N–H and O–H groups in total. The molecule has 2 aromatic carbocycles. The number of hydrogen-bond donors (Lipinski definition) is 2. The van der Waals surface area contributed by atoms with Crippen molar-refractivity contribution in [3.05, 3.63) is 53.0 Å². The first-order valence-electron chi connectivity index (χ1n) is 6.24. The Hall–Kier alpha value is -2.01. The van der Waals surface area contributed by atoms with Crippen molar-refractivity contribution in [2.75, 3.05) is 17.2 Å². The van der Waals surface area contributed by atoms with Gasteiger partial charge in [0, 0.05) is 15.8 Å². The number of hydrogen-bond acceptors (Lipinski definition) is 2. The summed E-state index contributed by atoms with van der Waals surface area (Å²) in [5.74, 6) is 0.783. The molecule has 2 amide bonds. The van der Waals surface area contributed by atoms with Gasteiger partial charge < -0.3 is 15.4 Å². The van der Waals surface area contributed by atoms with Crippen LogP contribution in [0.4, 0.5) is 16.2 Å². The number of urea groups is 1. The first kappa shape index (κ1) is 14.4. The molecule has 4 nitrogen and oxygen atoms in total. The van der Waals surface area contributed by atoms with E-state index in [9.17, 15) is 4.79 Å². The number of amides is 2. The Labute approximate surface area is 126 Å². The van der Waals surface area contributed by atoms with Gasteiger partial charge in [0.25, 0.3) is 0 Å². The van der Waals surface area contributed by atoms with Gasteiger partial charge in [-0.3, -0.25) is 0 Å². The summed E-state index contributed by atoms with van der Waals surface area (Å²) in [5, 5.41) is 5.52. The van der Waals surface area contributed by atoms with Crippen molar-refractivity contribution in [3.8, 4) is 5.75 Å². The number of rotatable bonds is 4. The van der Waals surface area contributed by atoms with Crippen LogP contribution in [0, 0.1) is 0 Å². The summed E-state index contributed by atoms with van der Waals surface area (Å²) in [7, 11) is 0. The molecule has 2 aromatic rings. The molecule has 104 valence electrons. The molecule has 0 heterocycles. The zero-order valence-corrected chi connectivity index (χ0v) is 12.6. The standard InChI is InChI=1S/C15H15BrN2O2/c1-2-20-14-8-6-12(7-9-14)17-15(19)18-13-5-3-4-11(16)10-13/h3-10H,2H2,1H3,(H2,17,18,19). The first-order chi connectivity index (χ1) is 9.67. The molecule has 0 saturated carbocycles. The molecule has 5 heteroatoms. The van der Waals surface area contributed by atoms with Gasteiger partial charge in [0.05, 0.1) is 6.61 Å². The Balaban J connectivity index is 1.94. The summed E-state index contributed by atoms with van der Waals surface area (Å²) in [6.45, 7) is 2.55. The number of ether oxygens (including phenoxy) is 1. The molecule has 0 bridgehead atoms. The van der Waals surface area contributed by atoms with Gasteiger partial charge in [0.1, 0.15) is 5.75 Å². The summed E-state index contributed by atoms with van der Waals surface area (Å²) in [4.78, 5) is 11.8. The van der Waals surface area contributed by atoms with E-state index in [4.69, 9.17) is 4.74 Å². The number of carbonyl (C=O) groups excluding carboxylic acids is 1. The molecule has 0 aliphatic rings. The Kier molecular flexibility index (Phi) is 5.01. The predicted octanol–water partition coefficient (Wildman–Crippen LogP) is 4.49. The highest BCUT2D eigenvalue weighted by Crippen LogP contribution is 2.17. The van der Waals surface area contributed by atoms with Crippen molar-refractivity contribution in [1.29, 1.82) is 0 Å². The third kappa shape index (κ3) is 4.28. The quantitative estimate of drug-likeness (QED) is 0.865. The van der Waals surface area contributed by atoms with Gasteiger partial charge in [-0.15, -0.1) is 0 Å². The molecule has 0 spiro atoms. The molecule has 0 aromatic heterocycles. The van der Waals surface area contributed by atoms with Crippen molar-refractivity contribution in [1.82, 2.24) is 0 Å². The maximum atomic E-state index is 11.8. The van der Waals surface area contributed by atoms with E-state index >= 15 is 0 Å². The molecule has 0 radical (unpaired) electrons. The average Bonchev–Trinajstić information content (AvgIpc) is 2.41. The van der Waals surface area contributed by atoms with E-state index in [0.29, 0.717) is 12.3 Å². The maximum absolute atomic E-state index is 11.8. The zero-order chi connectivity index (χ0) is 14.4. The lowest BCUT2D eigenvalue weighted by Gasteiger charge is -2.09. The summed E-state index contributed by atoms with van der Waals surface area (Å²) in [5.41, 5.74) is 1.43. The van der Waals surface area contributed by atoms with E-state index < -0.39 is 0 Å². The molecular weight excluding hydrogens is 320 g/mol. The van der Waals surface area contributed by atoms with Crippen LogP contribution in [-0.4, -0.2) is 12.6 Å². The van der Waals surface area contributed by atoms with E-state index in [1.165, 1.54) is 0 Å². The predicted molar refractivity (Wildman–Crippen MR) is 84.4 cm³/mol. The Morgan fingerprint density at radius 3 is 2.45 bits per heavy atom. The smallest absolute Gasteiger partial charge is 0.323 e. The van der Waals surface area contributed by atoms with Crippen LogP contribution in [0.25, 0.3) is 0 Å². The largest absolute Gasteiger partial charge is 0.494 e. The lowest BCUT2D eigenvalue weighted by atomic mass is 10.3. The minimum Gasteiger partial charge on any atom is -0.494 e. The Morgan fingerprint density at radius 2 is 1.80 bits per heavy atom. The monoisotopic (exact) mass is 334 g/mol. The lowest BCUT2D eigenvalue weighted by Crippen LogP contribution is -2.19. The molecule has 0 atom stereocenters. The SMILES string of the molecule is CCOc1ccc(NC(=O)Nc2cccc(Br)c2)cc1. The average molecular weight is 335 g/mol. The van der Waals surface area contributed by atoms with Crippen LogP contribution >= 0.6 is 15.9 Å². The van der Waals surface area contributed by atoms with Crippen LogP contribution in [0.5, 0.6) is 5.75 Å². The summed E-state index contributed by atoms with van der Waals surface area (Å²) in [6.07, 6.45) is 0. The second kappa shape index (κ2) is 6.96.